The number of hydrogen-bond acceptors (Lipinski definition) is 2. The molecule has 1 aromatic rings. The molecule has 0 spiro atoms. The summed E-state index contributed by atoms with van der Waals surface area (Å²) in [6.45, 7) is 3.44. The summed E-state index contributed by atoms with van der Waals surface area (Å²) in [5.41, 5.74) is 3.51. The summed E-state index contributed by atoms with van der Waals surface area (Å²) in [4.78, 5) is 12.0. The zero-order chi connectivity index (χ0) is 15.6. The second kappa shape index (κ2) is 6.13. The van der Waals surface area contributed by atoms with Crippen LogP contribution in [-0.4, -0.2) is 11.4 Å². The number of nitrogens with one attached hydrogen (secondary N) is 1. The van der Waals surface area contributed by atoms with Crippen LogP contribution in [0.15, 0.2) is 22.7 Å². The lowest BCUT2D eigenvalue weighted by Crippen LogP contribution is -2.50. The Bertz CT molecular complexity index is 499. The van der Waals surface area contributed by atoms with Gasteiger partial charge >= 0.3 is 6.18 Å². The minimum atomic E-state index is -4.55. The van der Waals surface area contributed by atoms with Gasteiger partial charge in [-0.1, -0.05) is 29.8 Å². The molecule has 0 heterocycles. The number of carbonyl (C=O) groups is 1. The van der Waals surface area contributed by atoms with Crippen molar-refractivity contribution in [1.82, 2.24) is 0 Å². The molecule has 0 unspecified atom stereocenters. The Labute approximate surface area is 123 Å². The minimum Gasteiger partial charge on any atom is -0.324 e. The van der Waals surface area contributed by atoms with Crippen LogP contribution in [-0.2, 0) is 11.0 Å². The van der Waals surface area contributed by atoms with Gasteiger partial charge in [0.15, 0.2) is 0 Å². The highest BCUT2D eigenvalue weighted by atomic mass is 79.9. The number of amides is 1. The summed E-state index contributed by atoms with van der Waals surface area (Å²) in [6, 6.07) is 3.56. The molecule has 3 nitrogen and oxygen atoms in total. The molecule has 0 aliphatic carbocycles. The van der Waals surface area contributed by atoms with Crippen molar-refractivity contribution in [3.05, 3.63) is 28.2 Å². The fraction of sp³-hybridized carbons (Fsp3) is 0.462. The molecule has 0 saturated heterocycles. The summed E-state index contributed by atoms with van der Waals surface area (Å²) < 4.78 is 39.1. The Morgan fingerprint density at radius 3 is 2.30 bits per heavy atom. The largest absolute Gasteiger partial charge is 0.418 e. The third-order valence-electron chi connectivity index (χ3n) is 3.25. The number of anilines is 1. The van der Waals surface area contributed by atoms with Crippen molar-refractivity contribution in [3.63, 3.8) is 0 Å². The van der Waals surface area contributed by atoms with E-state index >= 15 is 0 Å². The molecule has 1 aromatic carbocycles. The number of nitrogens with two attached hydrogens (primary N) is 1. The van der Waals surface area contributed by atoms with E-state index < -0.39 is 23.2 Å². The van der Waals surface area contributed by atoms with E-state index in [1.54, 1.807) is 13.8 Å². The maximum atomic E-state index is 12.9. The molecule has 0 bridgehead atoms. The van der Waals surface area contributed by atoms with Crippen LogP contribution in [0.2, 0.25) is 0 Å². The molecule has 0 aromatic heterocycles. The molecule has 112 valence electrons. The fourth-order valence-corrected chi connectivity index (χ4v) is 2.04. The first-order valence-corrected chi connectivity index (χ1v) is 6.90. The number of benzene rings is 1. The maximum Gasteiger partial charge on any atom is 0.418 e. The Morgan fingerprint density at radius 2 is 1.85 bits per heavy atom. The lowest BCUT2D eigenvalue weighted by Gasteiger charge is -2.26. The Morgan fingerprint density at radius 1 is 1.30 bits per heavy atom. The summed E-state index contributed by atoms with van der Waals surface area (Å²) in [5, 5.41) is 2.28. The van der Waals surface area contributed by atoms with Crippen LogP contribution < -0.4 is 11.1 Å². The van der Waals surface area contributed by atoms with Gasteiger partial charge in [0.1, 0.15) is 0 Å². The molecular formula is C13H16BrF3N2O. The molecule has 0 fully saturated rings. The quantitative estimate of drug-likeness (QED) is 0.862. The third-order valence-corrected chi connectivity index (χ3v) is 3.74. The van der Waals surface area contributed by atoms with E-state index in [1.807, 2.05) is 0 Å². The summed E-state index contributed by atoms with van der Waals surface area (Å²) in [5.74, 6) is -0.615. The molecular weight excluding hydrogens is 337 g/mol. The van der Waals surface area contributed by atoms with Crippen molar-refractivity contribution in [2.45, 2.75) is 38.4 Å². The minimum absolute atomic E-state index is 0.285. The van der Waals surface area contributed by atoms with Crippen LogP contribution in [0.5, 0.6) is 0 Å². The van der Waals surface area contributed by atoms with Crippen LogP contribution in [0.3, 0.4) is 0 Å². The number of carbonyl (C=O) groups excluding carboxylic acids is 1. The highest BCUT2D eigenvalue weighted by molar-refractivity contribution is 9.10. The SMILES string of the molecule is CCC(N)(CC)C(=O)Nc1ccc(Br)cc1C(F)(F)F. The molecule has 0 aliphatic heterocycles. The number of hydrogen-bond donors (Lipinski definition) is 2. The third kappa shape index (κ3) is 3.73. The zero-order valence-electron chi connectivity index (χ0n) is 11.1. The molecule has 0 aliphatic rings. The molecule has 1 rings (SSSR count). The highest BCUT2D eigenvalue weighted by Gasteiger charge is 2.36. The van der Waals surface area contributed by atoms with Crippen molar-refractivity contribution in [2.24, 2.45) is 5.73 Å². The van der Waals surface area contributed by atoms with Crippen LogP contribution in [0, 0.1) is 0 Å². The second-order valence-corrected chi connectivity index (χ2v) is 5.42. The first-order chi connectivity index (χ1) is 9.14. The van der Waals surface area contributed by atoms with Crippen molar-refractivity contribution in [3.8, 4) is 0 Å². The van der Waals surface area contributed by atoms with E-state index in [2.05, 4.69) is 21.2 Å². The molecule has 0 saturated carbocycles. The van der Waals surface area contributed by atoms with Crippen LogP contribution in [0.1, 0.15) is 32.3 Å². The average molecular weight is 353 g/mol. The lowest BCUT2D eigenvalue weighted by atomic mass is 9.93. The van der Waals surface area contributed by atoms with E-state index in [0.29, 0.717) is 12.8 Å². The number of rotatable bonds is 4. The first-order valence-electron chi connectivity index (χ1n) is 6.11. The van der Waals surface area contributed by atoms with Gasteiger partial charge in [-0.05, 0) is 31.0 Å². The van der Waals surface area contributed by atoms with Gasteiger partial charge in [0.2, 0.25) is 5.91 Å². The topological polar surface area (TPSA) is 55.1 Å². The predicted molar refractivity (Wildman–Crippen MR) is 75.3 cm³/mol. The second-order valence-electron chi connectivity index (χ2n) is 4.51. The van der Waals surface area contributed by atoms with Gasteiger partial charge in [-0.25, -0.2) is 0 Å². The van der Waals surface area contributed by atoms with Crippen LogP contribution in [0.4, 0.5) is 18.9 Å². The maximum absolute atomic E-state index is 12.9. The van der Waals surface area contributed by atoms with Gasteiger partial charge < -0.3 is 11.1 Å². The Balaban J connectivity index is 3.13. The predicted octanol–water partition coefficient (Wildman–Crippen LogP) is 3.92. The molecule has 1 amide bonds. The summed E-state index contributed by atoms with van der Waals surface area (Å²) in [7, 11) is 0. The molecule has 0 radical (unpaired) electrons. The van der Waals surface area contributed by atoms with Crippen molar-refractivity contribution < 1.29 is 18.0 Å². The van der Waals surface area contributed by atoms with Gasteiger partial charge in [-0.3, -0.25) is 4.79 Å². The van der Waals surface area contributed by atoms with Crippen molar-refractivity contribution >= 4 is 27.5 Å². The van der Waals surface area contributed by atoms with Gasteiger partial charge in [0.05, 0.1) is 16.8 Å². The molecule has 0 atom stereocenters. The van der Waals surface area contributed by atoms with Crippen molar-refractivity contribution in [1.29, 1.82) is 0 Å². The highest BCUT2D eigenvalue weighted by Crippen LogP contribution is 2.36. The smallest absolute Gasteiger partial charge is 0.324 e. The zero-order valence-corrected chi connectivity index (χ0v) is 12.7. The average Bonchev–Trinajstić information content (AvgIpc) is 2.38. The van der Waals surface area contributed by atoms with E-state index in [4.69, 9.17) is 5.73 Å². The van der Waals surface area contributed by atoms with Gasteiger partial charge in [0.25, 0.3) is 0 Å². The van der Waals surface area contributed by atoms with Crippen LogP contribution in [0.25, 0.3) is 0 Å². The molecule has 7 heteroatoms. The first kappa shape index (κ1) is 17.0. The van der Waals surface area contributed by atoms with E-state index in [9.17, 15) is 18.0 Å². The summed E-state index contributed by atoms with van der Waals surface area (Å²) in [6.07, 6.45) is -3.87. The monoisotopic (exact) mass is 352 g/mol. The Hall–Kier alpha value is -1.08. The number of alkyl halides is 3. The lowest BCUT2D eigenvalue weighted by molar-refractivity contribution is -0.137. The van der Waals surface area contributed by atoms with E-state index in [0.717, 1.165) is 6.07 Å². The van der Waals surface area contributed by atoms with E-state index in [-0.39, 0.29) is 10.2 Å². The molecule has 3 N–H and O–H groups in total. The molecule has 20 heavy (non-hydrogen) atoms. The van der Waals surface area contributed by atoms with Gasteiger partial charge in [-0.15, -0.1) is 0 Å². The standard InChI is InChI=1S/C13H16BrF3N2O/c1-3-12(18,4-2)11(20)19-10-6-5-8(14)7-9(10)13(15,16)17/h5-7H,3-4,18H2,1-2H3,(H,19,20). The van der Waals surface area contributed by atoms with Crippen LogP contribution >= 0.6 is 15.9 Å². The van der Waals surface area contributed by atoms with Crippen molar-refractivity contribution in [2.75, 3.05) is 5.32 Å². The Kier molecular flexibility index (Phi) is 5.21. The van der Waals surface area contributed by atoms with Gasteiger partial charge in [-0.2, -0.15) is 13.2 Å². The summed E-state index contributed by atoms with van der Waals surface area (Å²) >= 11 is 2.98. The normalized spacial score (nSPS) is 12.3. The van der Waals surface area contributed by atoms with Gasteiger partial charge in [0, 0.05) is 4.47 Å². The fourth-order valence-electron chi connectivity index (χ4n) is 1.68. The van der Waals surface area contributed by atoms with E-state index in [1.165, 1.54) is 12.1 Å². The number of halogens is 4.